The molecule has 0 unspecified atom stereocenters. The molecule has 1 nitrogen and oxygen atoms in total. The minimum Gasteiger partial charge on any atom is -0.386 e. The van der Waals surface area contributed by atoms with Crippen molar-refractivity contribution >= 4 is 52.1 Å². The first-order valence-corrected chi connectivity index (χ1v) is 4.60. The molecule has 0 aliphatic carbocycles. The fourth-order valence-electron chi connectivity index (χ4n) is 0.793. The van der Waals surface area contributed by atoms with Crippen LogP contribution in [0.4, 0.5) is 5.69 Å². The van der Waals surface area contributed by atoms with Crippen LogP contribution < -0.4 is 5.32 Å². The third-order valence-corrected chi connectivity index (χ3v) is 2.94. The van der Waals surface area contributed by atoms with E-state index in [1.165, 1.54) is 6.07 Å². The Morgan fingerprint density at radius 3 is 1.75 bits per heavy atom. The van der Waals surface area contributed by atoms with E-state index in [0.717, 1.165) is 0 Å². The quantitative estimate of drug-likeness (QED) is 0.725. The second kappa shape index (κ2) is 3.93. The Morgan fingerprint density at radius 2 is 1.42 bits per heavy atom. The van der Waals surface area contributed by atoms with Gasteiger partial charge in [0.1, 0.15) is 0 Å². The second-order valence-electron chi connectivity index (χ2n) is 2.09. The van der Waals surface area contributed by atoms with Crippen molar-refractivity contribution < 1.29 is 0 Å². The summed E-state index contributed by atoms with van der Waals surface area (Å²) >= 11 is 23.2. The van der Waals surface area contributed by atoms with Crippen molar-refractivity contribution in [3.05, 3.63) is 26.2 Å². The summed E-state index contributed by atoms with van der Waals surface area (Å²) in [5.74, 6) is 0. The van der Waals surface area contributed by atoms with Crippen molar-refractivity contribution in [3.8, 4) is 0 Å². The van der Waals surface area contributed by atoms with Gasteiger partial charge in [-0.15, -0.1) is 0 Å². The number of halogens is 4. The van der Waals surface area contributed by atoms with E-state index in [1.807, 2.05) is 0 Å². The predicted octanol–water partition coefficient (Wildman–Crippen LogP) is 4.34. The zero-order valence-electron chi connectivity index (χ0n) is 6.09. The third-order valence-electron chi connectivity index (χ3n) is 1.36. The number of hydrogen-bond acceptors (Lipinski definition) is 1. The lowest BCUT2D eigenvalue weighted by molar-refractivity contribution is 1.51. The van der Waals surface area contributed by atoms with E-state index < -0.39 is 0 Å². The average molecular weight is 245 g/mol. The van der Waals surface area contributed by atoms with Crippen LogP contribution in [0, 0.1) is 0 Å². The first kappa shape index (κ1) is 10.3. The summed E-state index contributed by atoms with van der Waals surface area (Å²) in [5.41, 5.74) is 0.552. The largest absolute Gasteiger partial charge is 0.386 e. The zero-order chi connectivity index (χ0) is 9.30. The molecule has 0 saturated heterocycles. The van der Waals surface area contributed by atoms with E-state index >= 15 is 0 Å². The molecule has 0 heterocycles. The lowest BCUT2D eigenvalue weighted by Gasteiger charge is -2.08. The molecule has 1 N–H and O–H groups in total. The van der Waals surface area contributed by atoms with Gasteiger partial charge in [0.2, 0.25) is 0 Å². The van der Waals surface area contributed by atoms with Crippen LogP contribution in [0.25, 0.3) is 0 Å². The molecular weight excluding hydrogens is 240 g/mol. The predicted molar refractivity (Wildman–Crippen MR) is 56.0 cm³/mol. The van der Waals surface area contributed by atoms with Crippen molar-refractivity contribution in [2.24, 2.45) is 0 Å². The lowest BCUT2D eigenvalue weighted by Crippen LogP contribution is -1.91. The van der Waals surface area contributed by atoms with Crippen molar-refractivity contribution in [1.82, 2.24) is 0 Å². The van der Waals surface area contributed by atoms with Crippen LogP contribution in [0.3, 0.4) is 0 Å². The molecule has 0 radical (unpaired) electrons. The SMILES string of the molecule is CNc1c(Cl)c(Cl)cc(Cl)c1Cl. The average Bonchev–Trinajstić information content (AvgIpc) is 2.02. The van der Waals surface area contributed by atoms with E-state index in [2.05, 4.69) is 5.32 Å². The second-order valence-corrected chi connectivity index (χ2v) is 3.66. The van der Waals surface area contributed by atoms with Crippen molar-refractivity contribution in [3.63, 3.8) is 0 Å². The molecule has 0 aliphatic heterocycles. The summed E-state index contributed by atoms with van der Waals surface area (Å²) in [6.45, 7) is 0. The summed E-state index contributed by atoms with van der Waals surface area (Å²) < 4.78 is 0. The van der Waals surface area contributed by atoms with E-state index in [1.54, 1.807) is 7.05 Å². The Kier molecular flexibility index (Phi) is 3.36. The molecule has 0 atom stereocenters. The van der Waals surface area contributed by atoms with E-state index in [9.17, 15) is 0 Å². The monoisotopic (exact) mass is 243 g/mol. The van der Waals surface area contributed by atoms with Gasteiger partial charge in [-0.3, -0.25) is 0 Å². The first-order valence-electron chi connectivity index (χ1n) is 3.08. The molecular formula is C7H5Cl4N. The van der Waals surface area contributed by atoms with Gasteiger partial charge in [0, 0.05) is 7.05 Å². The van der Waals surface area contributed by atoms with Crippen LogP contribution in [-0.2, 0) is 0 Å². The molecule has 0 aromatic heterocycles. The Balaban J connectivity index is 3.42. The van der Waals surface area contributed by atoms with Crippen molar-refractivity contribution in [1.29, 1.82) is 0 Å². The molecule has 1 aromatic rings. The van der Waals surface area contributed by atoms with Crippen LogP contribution in [0.15, 0.2) is 6.07 Å². The Labute approximate surface area is 90.6 Å². The molecule has 0 spiro atoms. The molecule has 1 aromatic carbocycles. The third kappa shape index (κ3) is 1.74. The summed E-state index contributed by atoms with van der Waals surface area (Å²) in [5, 5.41) is 4.35. The van der Waals surface area contributed by atoms with Crippen LogP contribution in [0.2, 0.25) is 20.1 Å². The number of rotatable bonds is 1. The van der Waals surface area contributed by atoms with Gasteiger partial charge in [0.25, 0.3) is 0 Å². The normalized spacial score (nSPS) is 10.1. The van der Waals surface area contributed by atoms with Gasteiger partial charge in [0.05, 0.1) is 25.8 Å². The van der Waals surface area contributed by atoms with E-state index in [-0.39, 0.29) is 0 Å². The zero-order valence-corrected chi connectivity index (χ0v) is 9.11. The Hall–Kier alpha value is 0.180. The molecule has 0 bridgehead atoms. The maximum Gasteiger partial charge on any atom is 0.0839 e. The first-order chi connectivity index (χ1) is 5.57. The van der Waals surface area contributed by atoms with Gasteiger partial charge in [-0.25, -0.2) is 0 Å². The van der Waals surface area contributed by atoms with Crippen LogP contribution in [-0.4, -0.2) is 7.05 Å². The maximum atomic E-state index is 5.83. The van der Waals surface area contributed by atoms with E-state index in [4.69, 9.17) is 46.4 Å². The summed E-state index contributed by atoms with van der Waals surface area (Å²) in [6.07, 6.45) is 0. The topological polar surface area (TPSA) is 12.0 Å². The molecule has 66 valence electrons. The van der Waals surface area contributed by atoms with Gasteiger partial charge >= 0.3 is 0 Å². The van der Waals surface area contributed by atoms with Gasteiger partial charge in [0.15, 0.2) is 0 Å². The molecule has 12 heavy (non-hydrogen) atoms. The molecule has 0 aliphatic rings. The fraction of sp³-hybridized carbons (Fsp3) is 0.143. The number of hydrogen-bond donors (Lipinski definition) is 1. The number of anilines is 1. The fourth-order valence-corrected chi connectivity index (χ4v) is 1.79. The highest BCUT2D eigenvalue weighted by atomic mass is 35.5. The van der Waals surface area contributed by atoms with Gasteiger partial charge in [-0.1, -0.05) is 46.4 Å². The highest BCUT2D eigenvalue weighted by Gasteiger charge is 2.11. The van der Waals surface area contributed by atoms with Crippen molar-refractivity contribution in [2.75, 3.05) is 12.4 Å². The maximum absolute atomic E-state index is 5.83. The summed E-state index contributed by atoms with van der Waals surface area (Å²) in [7, 11) is 1.69. The summed E-state index contributed by atoms with van der Waals surface area (Å²) in [4.78, 5) is 0. The van der Waals surface area contributed by atoms with Crippen LogP contribution in [0.5, 0.6) is 0 Å². The molecule has 0 fully saturated rings. The van der Waals surface area contributed by atoms with E-state index in [0.29, 0.717) is 25.8 Å². The molecule has 0 saturated carbocycles. The van der Waals surface area contributed by atoms with Crippen LogP contribution >= 0.6 is 46.4 Å². The summed E-state index contributed by atoms with van der Waals surface area (Å²) in [6, 6.07) is 1.51. The minimum absolute atomic E-state index is 0.383. The van der Waals surface area contributed by atoms with Gasteiger partial charge in [-0.05, 0) is 6.07 Å². The molecule has 1 rings (SSSR count). The van der Waals surface area contributed by atoms with Crippen LogP contribution in [0.1, 0.15) is 0 Å². The number of benzene rings is 1. The van der Waals surface area contributed by atoms with Gasteiger partial charge < -0.3 is 5.32 Å². The molecule has 5 heteroatoms. The van der Waals surface area contributed by atoms with Crippen molar-refractivity contribution in [2.45, 2.75) is 0 Å². The standard InChI is InChI=1S/C7H5Cl4N/c1-12-7-5(10)3(8)2-4(9)6(7)11/h2,12H,1H3. The number of nitrogens with one attached hydrogen (secondary N) is 1. The Bertz CT molecular complexity index is 285. The lowest BCUT2D eigenvalue weighted by atomic mass is 10.3. The highest BCUT2D eigenvalue weighted by Crippen LogP contribution is 2.40. The van der Waals surface area contributed by atoms with Gasteiger partial charge in [-0.2, -0.15) is 0 Å². The highest BCUT2D eigenvalue weighted by molar-refractivity contribution is 6.50. The smallest absolute Gasteiger partial charge is 0.0839 e. The molecule has 0 amide bonds. The minimum atomic E-state index is 0.383. The Morgan fingerprint density at radius 1 is 1.00 bits per heavy atom.